The predicted octanol–water partition coefficient (Wildman–Crippen LogP) is 1.79. The number of carbonyl (C=O) groups excluding carboxylic acids is 1. The molecule has 0 N–H and O–H groups in total. The molecule has 6 nitrogen and oxygen atoms in total. The molecule has 3 aliphatic rings. The van der Waals surface area contributed by atoms with Gasteiger partial charge in [-0.25, -0.2) is 13.4 Å². The van der Waals surface area contributed by atoms with Crippen LogP contribution in [0.5, 0.6) is 0 Å². The number of rotatable bonds is 2. The molecule has 0 aliphatic carbocycles. The van der Waals surface area contributed by atoms with Crippen molar-refractivity contribution in [3.63, 3.8) is 0 Å². The van der Waals surface area contributed by atoms with E-state index in [1.807, 2.05) is 23.1 Å². The molecular weight excluding hydrogens is 346 g/mol. The third-order valence-electron chi connectivity index (χ3n) is 4.99. The number of sulfonamides is 1. The van der Waals surface area contributed by atoms with Crippen LogP contribution in [0.4, 0.5) is 0 Å². The number of fused-ring (bicyclic) bond motifs is 5. The van der Waals surface area contributed by atoms with Crippen LogP contribution in [0.1, 0.15) is 23.2 Å². The largest absolute Gasteiger partial charge is 0.334 e. The van der Waals surface area contributed by atoms with Gasteiger partial charge in [-0.2, -0.15) is 4.31 Å². The molecule has 0 saturated carbocycles. The van der Waals surface area contributed by atoms with Gasteiger partial charge in [0.15, 0.2) is 0 Å². The number of aromatic nitrogens is 1. The van der Waals surface area contributed by atoms with E-state index in [0.29, 0.717) is 25.2 Å². The van der Waals surface area contributed by atoms with E-state index < -0.39 is 10.0 Å². The van der Waals surface area contributed by atoms with Crippen LogP contribution in [0.25, 0.3) is 10.2 Å². The maximum Gasteiger partial charge on any atom is 0.254 e. The second-order valence-electron chi connectivity index (χ2n) is 6.67. The lowest BCUT2D eigenvalue weighted by molar-refractivity contribution is 0.0589. The molecule has 5 rings (SSSR count). The van der Waals surface area contributed by atoms with Crippen molar-refractivity contribution in [2.75, 3.05) is 25.9 Å². The molecule has 1 aromatic heterocycles. The molecule has 1 amide bonds. The standard InChI is InChI=1S/C16H19N3O3S2/c1-24(21,22)18-7-11-2-4-13(9-18)19(8-11)16(20)12-3-5-14-15(6-12)23-10-17-14/h3,5-6,10-11,13H,2,4,7-9H2,1H3/t11-,13+/m1/s1. The van der Waals surface area contributed by atoms with Crippen molar-refractivity contribution in [3.8, 4) is 0 Å². The monoisotopic (exact) mass is 365 g/mol. The van der Waals surface area contributed by atoms with E-state index in [-0.39, 0.29) is 17.9 Å². The molecule has 1 aromatic carbocycles. The van der Waals surface area contributed by atoms with E-state index in [0.717, 1.165) is 23.1 Å². The number of nitrogens with zero attached hydrogens (tertiary/aromatic N) is 3. The Balaban J connectivity index is 1.63. The van der Waals surface area contributed by atoms with E-state index in [4.69, 9.17) is 0 Å². The fraction of sp³-hybridized carbons (Fsp3) is 0.500. The van der Waals surface area contributed by atoms with Crippen LogP contribution in [-0.2, 0) is 10.0 Å². The first-order chi connectivity index (χ1) is 11.4. The number of hydrogen-bond acceptors (Lipinski definition) is 5. The minimum Gasteiger partial charge on any atom is -0.334 e. The summed E-state index contributed by atoms with van der Waals surface area (Å²) in [6.45, 7) is 1.56. The van der Waals surface area contributed by atoms with E-state index in [9.17, 15) is 13.2 Å². The third-order valence-corrected chi connectivity index (χ3v) is 7.02. The van der Waals surface area contributed by atoms with Gasteiger partial charge in [0.2, 0.25) is 10.0 Å². The molecular formula is C16H19N3O3S2. The summed E-state index contributed by atoms with van der Waals surface area (Å²) >= 11 is 1.52. The molecule has 2 bridgehead atoms. The molecule has 0 unspecified atom stereocenters. The Morgan fingerprint density at radius 3 is 2.88 bits per heavy atom. The second kappa shape index (κ2) is 5.79. The van der Waals surface area contributed by atoms with Crippen LogP contribution in [0.2, 0.25) is 0 Å². The highest BCUT2D eigenvalue weighted by atomic mass is 32.2. The highest BCUT2D eigenvalue weighted by Crippen LogP contribution is 2.31. The molecule has 0 spiro atoms. The summed E-state index contributed by atoms with van der Waals surface area (Å²) in [5.74, 6) is 0.213. The van der Waals surface area contributed by atoms with Crippen molar-refractivity contribution in [2.45, 2.75) is 18.9 Å². The molecule has 2 atom stereocenters. The van der Waals surface area contributed by atoms with Crippen molar-refractivity contribution in [1.82, 2.24) is 14.2 Å². The minimum absolute atomic E-state index is 0.00430. The Hall–Kier alpha value is -1.51. The summed E-state index contributed by atoms with van der Waals surface area (Å²) in [5.41, 5.74) is 3.33. The lowest BCUT2D eigenvalue weighted by Gasteiger charge is -2.36. The SMILES string of the molecule is CS(=O)(=O)N1C[C@H]2CC[C@@H](C1)N(C(=O)c1ccc3ncsc3c1)C2. The van der Waals surface area contributed by atoms with Gasteiger partial charge in [0.05, 0.1) is 22.0 Å². The zero-order chi connectivity index (χ0) is 16.9. The maximum atomic E-state index is 13.0. The van der Waals surface area contributed by atoms with Gasteiger partial charge in [-0.3, -0.25) is 4.79 Å². The van der Waals surface area contributed by atoms with Gasteiger partial charge in [-0.1, -0.05) is 0 Å². The number of carbonyl (C=O) groups is 1. The van der Waals surface area contributed by atoms with Gasteiger partial charge in [-0.05, 0) is 37.0 Å². The molecule has 24 heavy (non-hydrogen) atoms. The van der Waals surface area contributed by atoms with E-state index >= 15 is 0 Å². The number of piperidine rings is 1. The molecule has 3 aliphatic heterocycles. The van der Waals surface area contributed by atoms with Crippen LogP contribution in [-0.4, -0.2) is 60.4 Å². The first-order valence-corrected chi connectivity index (χ1v) is 10.7. The number of hydrogen-bond donors (Lipinski definition) is 0. The molecule has 2 aromatic rings. The second-order valence-corrected chi connectivity index (χ2v) is 9.54. The van der Waals surface area contributed by atoms with Gasteiger partial charge in [0.1, 0.15) is 0 Å². The van der Waals surface area contributed by atoms with Gasteiger partial charge < -0.3 is 4.90 Å². The fourth-order valence-corrected chi connectivity index (χ4v) is 5.35. The van der Waals surface area contributed by atoms with E-state index in [2.05, 4.69) is 4.98 Å². The van der Waals surface area contributed by atoms with E-state index in [1.165, 1.54) is 21.9 Å². The summed E-state index contributed by atoms with van der Waals surface area (Å²) < 4.78 is 26.4. The lowest BCUT2D eigenvalue weighted by atomic mass is 9.94. The number of amides is 1. The summed E-state index contributed by atoms with van der Waals surface area (Å²) in [4.78, 5) is 19.1. The zero-order valence-corrected chi connectivity index (χ0v) is 15.0. The normalized spacial score (nSPS) is 25.1. The highest BCUT2D eigenvalue weighted by Gasteiger charge is 2.39. The van der Waals surface area contributed by atoms with Gasteiger partial charge in [-0.15, -0.1) is 11.3 Å². The Morgan fingerprint density at radius 2 is 2.08 bits per heavy atom. The van der Waals surface area contributed by atoms with E-state index in [1.54, 1.807) is 5.51 Å². The van der Waals surface area contributed by atoms with Crippen molar-refractivity contribution < 1.29 is 13.2 Å². The van der Waals surface area contributed by atoms with Gasteiger partial charge >= 0.3 is 0 Å². The smallest absolute Gasteiger partial charge is 0.254 e. The number of benzene rings is 1. The average molecular weight is 365 g/mol. The van der Waals surface area contributed by atoms with Crippen LogP contribution in [0, 0.1) is 5.92 Å². The van der Waals surface area contributed by atoms with Crippen molar-refractivity contribution >= 4 is 37.5 Å². The number of thiazole rings is 1. The minimum atomic E-state index is -3.22. The molecule has 128 valence electrons. The Labute approximate surface area is 145 Å². The topological polar surface area (TPSA) is 70.6 Å². The van der Waals surface area contributed by atoms with Crippen LogP contribution in [0.15, 0.2) is 23.7 Å². The van der Waals surface area contributed by atoms with Gasteiger partial charge in [0, 0.05) is 31.2 Å². The Kier molecular flexibility index (Phi) is 3.85. The Morgan fingerprint density at radius 1 is 1.25 bits per heavy atom. The molecule has 3 saturated heterocycles. The van der Waals surface area contributed by atoms with Crippen LogP contribution < -0.4 is 0 Å². The molecule has 8 heteroatoms. The van der Waals surface area contributed by atoms with Crippen LogP contribution in [0.3, 0.4) is 0 Å². The maximum absolute atomic E-state index is 13.0. The predicted molar refractivity (Wildman–Crippen MR) is 93.6 cm³/mol. The Bertz CT molecular complexity index is 893. The first-order valence-electron chi connectivity index (χ1n) is 8.01. The summed E-state index contributed by atoms with van der Waals surface area (Å²) in [5, 5.41) is 0. The molecule has 4 heterocycles. The third kappa shape index (κ3) is 2.82. The fourth-order valence-electron chi connectivity index (χ4n) is 3.71. The molecule has 3 fully saturated rings. The van der Waals surface area contributed by atoms with Gasteiger partial charge in [0.25, 0.3) is 5.91 Å². The average Bonchev–Trinajstić information content (AvgIpc) is 2.80. The zero-order valence-electron chi connectivity index (χ0n) is 13.4. The molecule has 0 radical (unpaired) electrons. The van der Waals surface area contributed by atoms with Crippen LogP contribution >= 0.6 is 11.3 Å². The lowest BCUT2D eigenvalue weighted by Crippen LogP contribution is -2.47. The van der Waals surface area contributed by atoms with Crippen molar-refractivity contribution in [3.05, 3.63) is 29.3 Å². The summed E-state index contributed by atoms with van der Waals surface area (Å²) in [6.07, 6.45) is 3.10. The summed E-state index contributed by atoms with van der Waals surface area (Å²) in [6, 6.07) is 5.54. The first kappa shape index (κ1) is 16.0. The summed E-state index contributed by atoms with van der Waals surface area (Å²) in [7, 11) is -3.22. The van der Waals surface area contributed by atoms with Crippen molar-refractivity contribution in [1.29, 1.82) is 0 Å². The quantitative estimate of drug-likeness (QED) is 0.814. The van der Waals surface area contributed by atoms with Crippen molar-refractivity contribution in [2.24, 2.45) is 5.92 Å². The highest BCUT2D eigenvalue weighted by molar-refractivity contribution is 7.88.